The fraction of sp³-hybridized carbons (Fsp3) is 0.533. The van der Waals surface area contributed by atoms with Gasteiger partial charge in [-0.25, -0.2) is 4.98 Å². The Bertz CT molecular complexity index is 785. The zero-order chi connectivity index (χ0) is 15.3. The van der Waals surface area contributed by atoms with Gasteiger partial charge in [0.25, 0.3) is 5.89 Å². The molecule has 0 amide bonds. The van der Waals surface area contributed by atoms with Crippen molar-refractivity contribution in [1.29, 1.82) is 0 Å². The molecule has 0 aromatic carbocycles. The van der Waals surface area contributed by atoms with Crippen molar-refractivity contribution in [3.05, 3.63) is 23.9 Å². The Kier molecular flexibility index (Phi) is 3.09. The molecule has 3 aromatic rings. The zero-order valence-electron chi connectivity index (χ0n) is 12.9. The number of hydrogen-bond donors (Lipinski definition) is 0. The van der Waals surface area contributed by atoms with E-state index in [4.69, 9.17) is 9.26 Å². The fourth-order valence-electron chi connectivity index (χ4n) is 2.96. The summed E-state index contributed by atoms with van der Waals surface area (Å²) in [4.78, 5) is 10.9. The second kappa shape index (κ2) is 4.89. The minimum atomic E-state index is -0.120. The van der Waals surface area contributed by atoms with E-state index in [1.807, 2.05) is 23.7 Å². The van der Waals surface area contributed by atoms with Crippen molar-refractivity contribution >= 4 is 16.3 Å². The number of aryl methyl sites for hydroxylation is 1. The van der Waals surface area contributed by atoms with Crippen LogP contribution in [0.25, 0.3) is 15.7 Å². The Labute approximate surface area is 132 Å². The maximum Gasteiger partial charge on any atom is 0.269 e. The highest BCUT2D eigenvalue weighted by atomic mass is 32.1. The topological polar surface area (TPSA) is 65.5 Å². The summed E-state index contributed by atoms with van der Waals surface area (Å²) in [7, 11) is 0. The fourth-order valence-corrected chi connectivity index (χ4v) is 3.90. The summed E-state index contributed by atoms with van der Waals surface area (Å²) in [6.45, 7) is 6.94. The Morgan fingerprint density at radius 2 is 2.18 bits per heavy atom. The van der Waals surface area contributed by atoms with Crippen LogP contribution in [0.5, 0.6) is 0 Å². The first-order valence-electron chi connectivity index (χ1n) is 7.43. The van der Waals surface area contributed by atoms with Crippen LogP contribution in [0.3, 0.4) is 0 Å². The van der Waals surface area contributed by atoms with Crippen molar-refractivity contribution in [2.75, 3.05) is 6.61 Å². The quantitative estimate of drug-likeness (QED) is 0.724. The number of ether oxygens (including phenoxy) is 1. The standard InChI is InChI=1S/C15H18N4O2S/c1-9-7-19-8-11(22-14(19)16-9)13-17-12(18-21-13)10-4-5-20-15(2,3)6-10/h7-8,10H,4-6H2,1-3H3. The first-order chi connectivity index (χ1) is 10.5. The molecule has 7 heteroatoms. The van der Waals surface area contributed by atoms with E-state index in [1.54, 1.807) is 11.3 Å². The van der Waals surface area contributed by atoms with Crippen LogP contribution in [0, 0.1) is 6.92 Å². The van der Waals surface area contributed by atoms with E-state index in [0.29, 0.717) is 11.8 Å². The molecule has 0 saturated carbocycles. The van der Waals surface area contributed by atoms with Gasteiger partial charge >= 0.3 is 0 Å². The molecule has 1 saturated heterocycles. The van der Waals surface area contributed by atoms with Crippen molar-refractivity contribution < 1.29 is 9.26 Å². The average molecular weight is 318 g/mol. The van der Waals surface area contributed by atoms with Crippen molar-refractivity contribution in [3.63, 3.8) is 0 Å². The molecular weight excluding hydrogens is 300 g/mol. The highest BCUT2D eigenvalue weighted by molar-refractivity contribution is 7.20. The Morgan fingerprint density at radius 1 is 1.32 bits per heavy atom. The van der Waals surface area contributed by atoms with Crippen LogP contribution in [0.1, 0.15) is 44.1 Å². The highest BCUT2D eigenvalue weighted by Gasteiger charge is 2.32. The highest BCUT2D eigenvalue weighted by Crippen LogP contribution is 2.35. The molecule has 4 heterocycles. The van der Waals surface area contributed by atoms with E-state index in [9.17, 15) is 0 Å². The van der Waals surface area contributed by atoms with Crippen LogP contribution in [-0.4, -0.2) is 31.7 Å². The van der Waals surface area contributed by atoms with Gasteiger partial charge in [-0.3, -0.25) is 4.40 Å². The second-order valence-electron chi connectivity index (χ2n) is 6.42. The summed E-state index contributed by atoms with van der Waals surface area (Å²) in [6, 6.07) is 0. The van der Waals surface area contributed by atoms with Gasteiger partial charge in [-0.15, -0.1) is 0 Å². The number of nitrogens with zero attached hydrogens (tertiary/aromatic N) is 4. The second-order valence-corrected chi connectivity index (χ2v) is 7.43. The lowest BCUT2D eigenvalue weighted by Crippen LogP contribution is -2.33. The average Bonchev–Trinajstić information content (AvgIpc) is 3.10. The molecule has 0 aliphatic carbocycles. The molecule has 6 nitrogen and oxygen atoms in total. The van der Waals surface area contributed by atoms with Crippen LogP contribution in [0.2, 0.25) is 0 Å². The van der Waals surface area contributed by atoms with E-state index >= 15 is 0 Å². The van der Waals surface area contributed by atoms with Gasteiger partial charge in [0.05, 0.1) is 11.3 Å². The Morgan fingerprint density at radius 3 is 2.95 bits per heavy atom. The number of fused-ring (bicyclic) bond motifs is 1. The molecule has 4 rings (SSSR count). The summed E-state index contributed by atoms with van der Waals surface area (Å²) in [5.74, 6) is 1.66. The largest absolute Gasteiger partial charge is 0.376 e. The molecule has 0 radical (unpaired) electrons. The lowest BCUT2D eigenvalue weighted by Gasteiger charge is -2.34. The molecule has 1 aliphatic rings. The van der Waals surface area contributed by atoms with Gasteiger partial charge < -0.3 is 9.26 Å². The molecule has 1 atom stereocenters. The smallest absolute Gasteiger partial charge is 0.269 e. The van der Waals surface area contributed by atoms with Crippen molar-refractivity contribution in [2.45, 2.75) is 45.1 Å². The third-order valence-electron chi connectivity index (χ3n) is 3.99. The van der Waals surface area contributed by atoms with E-state index in [1.165, 1.54) is 0 Å². The van der Waals surface area contributed by atoms with Gasteiger partial charge in [0.1, 0.15) is 4.88 Å². The molecule has 0 bridgehead atoms. The number of aromatic nitrogens is 4. The van der Waals surface area contributed by atoms with E-state index in [2.05, 4.69) is 29.0 Å². The van der Waals surface area contributed by atoms with Crippen LogP contribution < -0.4 is 0 Å². The summed E-state index contributed by atoms with van der Waals surface area (Å²) >= 11 is 1.56. The first-order valence-corrected chi connectivity index (χ1v) is 8.25. The number of rotatable bonds is 2. The number of imidazole rings is 1. The van der Waals surface area contributed by atoms with Gasteiger partial charge in [0, 0.05) is 24.9 Å². The molecule has 22 heavy (non-hydrogen) atoms. The summed E-state index contributed by atoms with van der Waals surface area (Å²) in [5, 5.41) is 4.19. The van der Waals surface area contributed by atoms with Crippen molar-refractivity contribution in [2.24, 2.45) is 0 Å². The number of thiazole rings is 1. The lowest BCUT2D eigenvalue weighted by molar-refractivity contribution is -0.0604. The van der Waals surface area contributed by atoms with Crippen molar-refractivity contribution in [1.82, 2.24) is 19.5 Å². The van der Waals surface area contributed by atoms with E-state index in [0.717, 1.165) is 40.8 Å². The maximum absolute atomic E-state index is 5.75. The van der Waals surface area contributed by atoms with E-state index in [-0.39, 0.29) is 5.60 Å². The van der Waals surface area contributed by atoms with Crippen molar-refractivity contribution in [3.8, 4) is 10.8 Å². The van der Waals surface area contributed by atoms with Crippen LogP contribution in [-0.2, 0) is 4.74 Å². The normalized spacial score (nSPS) is 21.5. The minimum absolute atomic E-state index is 0.120. The predicted octanol–water partition coefficient (Wildman–Crippen LogP) is 3.43. The minimum Gasteiger partial charge on any atom is -0.376 e. The third kappa shape index (κ3) is 2.44. The molecule has 1 fully saturated rings. The maximum atomic E-state index is 5.75. The Balaban J connectivity index is 1.61. The summed E-state index contributed by atoms with van der Waals surface area (Å²) < 4.78 is 13.2. The summed E-state index contributed by atoms with van der Waals surface area (Å²) in [5.41, 5.74) is 0.888. The third-order valence-corrected chi connectivity index (χ3v) is 4.98. The van der Waals surface area contributed by atoms with Crippen LogP contribution in [0.15, 0.2) is 16.9 Å². The van der Waals surface area contributed by atoms with Gasteiger partial charge in [0.2, 0.25) is 0 Å². The SMILES string of the molecule is Cc1cn2cc(-c3nc(C4CCOC(C)(C)C4)no3)sc2n1. The molecule has 116 valence electrons. The zero-order valence-corrected chi connectivity index (χ0v) is 13.7. The first kappa shape index (κ1) is 13.9. The molecule has 3 aromatic heterocycles. The molecule has 0 N–H and O–H groups in total. The van der Waals surface area contributed by atoms with Gasteiger partial charge in [-0.2, -0.15) is 4.98 Å². The summed E-state index contributed by atoms with van der Waals surface area (Å²) in [6.07, 6.45) is 5.84. The molecule has 1 unspecified atom stereocenters. The molecule has 0 spiro atoms. The van der Waals surface area contributed by atoms with Gasteiger partial charge in [0.15, 0.2) is 10.8 Å². The van der Waals surface area contributed by atoms with Gasteiger partial charge in [-0.1, -0.05) is 16.5 Å². The lowest BCUT2D eigenvalue weighted by atomic mass is 9.88. The predicted molar refractivity (Wildman–Crippen MR) is 83.1 cm³/mol. The monoisotopic (exact) mass is 318 g/mol. The molecule has 1 aliphatic heterocycles. The Hall–Kier alpha value is -1.73. The molecular formula is C15H18N4O2S. The number of hydrogen-bond acceptors (Lipinski definition) is 6. The van der Waals surface area contributed by atoms with Gasteiger partial charge in [-0.05, 0) is 33.6 Å². The van der Waals surface area contributed by atoms with Crippen LogP contribution >= 0.6 is 11.3 Å². The van der Waals surface area contributed by atoms with E-state index < -0.39 is 0 Å². The van der Waals surface area contributed by atoms with Crippen LogP contribution in [0.4, 0.5) is 0 Å².